The number of hydrogen-bond acceptors (Lipinski definition) is 3. The van der Waals surface area contributed by atoms with E-state index in [9.17, 15) is 9.59 Å². The Balaban J connectivity index is 1.42. The second-order valence-electron chi connectivity index (χ2n) is 7.53. The molecule has 1 aliphatic carbocycles. The largest absolute Gasteiger partial charge is 0.342 e. The number of piperidine rings is 1. The van der Waals surface area contributed by atoms with Gasteiger partial charge in [0.2, 0.25) is 5.91 Å². The van der Waals surface area contributed by atoms with Crippen LogP contribution in [0.15, 0.2) is 17.5 Å². The van der Waals surface area contributed by atoms with E-state index in [1.165, 1.54) is 24.1 Å². The molecule has 0 unspecified atom stereocenters. The number of carbonyl (C=O) groups excluding carboxylic acids is 2. The van der Waals surface area contributed by atoms with Gasteiger partial charge in [-0.2, -0.15) is 0 Å². The van der Waals surface area contributed by atoms with Crippen molar-refractivity contribution in [1.82, 2.24) is 15.5 Å². The van der Waals surface area contributed by atoms with Crippen LogP contribution in [0.5, 0.6) is 0 Å². The highest BCUT2D eigenvalue weighted by Gasteiger charge is 2.29. The Kier molecular flexibility index (Phi) is 6.94. The fourth-order valence-electron chi connectivity index (χ4n) is 4.10. The molecule has 2 aliphatic rings. The van der Waals surface area contributed by atoms with Crippen molar-refractivity contribution in [2.75, 3.05) is 13.1 Å². The van der Waals surface area contributed by atoms with E-state index < -0.39 is 0 Å². The van der Waals surface area contributed by atoms with Crippen molar-refractivity contribution in [3.63, 3.8) is 0 Å². The standard InChI is InChI=1S/C20H31N3O2S/c1-2-17(18-9-6-14-26-18)22-20(25)21-16-10-12-23(13-11-16)19(24)15-7-4-3-5-8-15/h6,9,14-17H,2-5,7-8,10-13H2,1H3,(H2,21,22,25)/t17-/m0/s1. The minimum atomic E-state index is -0.0951. The average molecular weight is 378 g/mol. The van der Waals surface area contributed by atoms with Gasteiger partial charge in [-0.1, -0.05) is 32.3 Å². The van der Waals surface area contributed by atoms with Gasteiger partial charge in [-0.25, -0.2) is 4.79 Å². The van der Waals surface area contributed by atoms with E-state index >= 15 is 0 Å². The SMILES string of the molecule is CC[C@H](NC(=O)NC1CCN(C(=O)C2CCCCC2)CC1)c1cccs1. The van der Waals surface area contributed by atoms with Crippen molar-refractivity contribution in [2.45, 2.75) is 70.4 Å². The zero-order valence-electron chi connectivity index (χ0n) is 15.7. The number of amides is 3. The highest BCUT2D eigenvalue weighted by molar-refractivity contribution is 7.10. The Labute approximate surface area is 160 Å². The third kappa shape index (κ3) is 5.00. The quantitative estimate of drug-likeness (QED) is 0.812. The molecule has 3 amide bonds. The van der Waals surface area contributed by atoms with Crippen molar-refractivity contribution in [3.05, 3.63) is 22.4 Å². The van der Waals surface area contributed by atoms with E-state index in [0.29, 0.717) is 5.91 Å². The van der Waals surface area contributed by atoms with Crippen LogP contribution in [0.4, 0.5) is 4.79 Å². The van der Waals surface area contributed by atoms with Crippen molar-refractivity contribution in [2.24, 2.45) is 5.92 Å². The predicted octanol–water partition coefficient (Wildman–Crippen LogP) is 4.07. The fraction of sp³-hybridized carbons (Fsp3) is 0.700. The van der Waals surface area contributed by atoms with E-state index in [-0.39, 0.29) is 24.0 Å². The summed E-state index contributed by atoms with van der Waals surface area (Å²) in [5.74, 6) is 0.587. The lowest BCUT2D eigenvalue weighted by atomic mass is 9.87. The van der Waals surface area contributed by atoms with E-state index in [1.54, 1.807) is 11.3 Å². The maximum atomic E-state index is 12.6. The lowest BCUT2D eigenvalue weighted by Gasteiger charge is -2.35. The van der Waals surface area contributed by atoms with Crippen molar-refractivity contribution in [1.29, 1.82) is 0 Å². The van der Waals surface area contributed by atoms with Crippen LogP contribution in [0.2, 0.25) is 0 Å². The van der Waals surface area contributed by atoms with Crippen LogP contribution in [0.25, 0.3) is 0 Å². The van der Waals surface area contributed by atoms with Crippen LogP contribution in [0, 0.1) is 5.92 Å². The summed E-state index contributed by atoms with van der Waals surface area (Å²) in [7, 11) is 0. The number of likely N-dealkylation sites (tertiary alicyclic amines) is 1. The van der Waals surface area contributed by atoms with Crippen LogP contribution in [0.1, 0.15) is 69.2 Å². The van der Waals surface area contributed by atoms with Gasteiger partial charge >= 0.3 is 6.03 Å². The van der Waals surface area contributed by atoms with Gasteiger partial charge in [-0.15, -0.1) is 11.3 Å². The van der Waals surface area contributed by atoms with E-state index in [1.807, 2.05) is 16.3 Å². The molecule has 2 N–H and O–H groups in total. The van der Waals surface area contributed by atoms with Crippen LogP contribution in [-0.2, 0) is 4.79 Å². The smallest absolute Gasteiger partial charge is 0.315 e. The molecule has 0 bridgehead atoms. The number of rotatable bonds is 5. The summed E-state index contributed by atoms with van der Waals surface area (Å²) < 4.78 is 0. The van der Waals surface area contributed by atoms with Gasteiger partial charge in [-0.05, 0) is 43.6 Å². The number of carbonyl (C=O) groups is 2. The molecule has 2 heterocycles. The summed E-state index contributed by atoms with van der Waals surface area (Å²) in [6, 6.07) is 4.21. The average Bonchev–Trinajstić information content (AvgIpc) is 3.21. The molecule has 1 aromatic heterocycles. The van der Waals surface area contributed by atoms with Gasteiger partial charge in [0, 0.05) is 29.9 Å². The molecule has 5 nitrogen and oxygen atoms in total. The Morgan fingerprint density at radius 1 is 1.19 bits per heavy atom. The first-order valence-electron chi connectivity index (χ1n) is 10.1. The predicted molar refractivity (Wildman–Crippen MR) is 105 cm³/mol. The number of urea groups is 1. The number of nitrogens with zero attached hydrogens (tertiary/aromatic N) is 1. The summed E-state index contributed by atoms with van der Waals surface area (Å²) in [6.07, 6.45) is 8.34. The van der Waals surface area contributed by atoms with Gasteiger partial charge in [-0.3, -0.25) is 4.79 Å². The number of nitrogens with one attached hydrogen (secondary N) is 2. The lowest BCUT2D eigenvalue weighted by Crippen LogP contribution is -2.50. The molecule has 2 fully saturated rings. The molecule has 1 saturated carbocycles. The first-order valence-corrected chi connectivity index (χ1v) is 10.9. The summed E-state index contributed by atoms with van der Waals surface area (Å²) >= 11 is 1.67. The molecule has 1 aliphatic heterocycles. The Morgan fingerprint density at radius 3 is 2.54 bits per heavy atom. The molecule has 144 valence electrons. The van der Waals surface area contributed by atoms with Gasteiger partial charge in [0.25, 0.3) is 0 Å². The maximum absolute atomic E-state index is 12.6. The number of hydrogen-bond donors (Lipinski definition) is 2. The van der Waals surface area contributed by atoms with Crippen LogP contribution < -0.4 is 10.6 Å². The normalized spacial score (nSPS) is 20.6. The van der Waals surface area contributed by atoms with Crippen molar-refractivity contribution < 1.29 is 9.59 Å². The van der Waals surface area contributed by atoms with Crippen molar-refractivity contribution in [3.8, 4) is 0 Å². The second kappa shape index (κ2) is 9.40. The van der Waals surface area contributed by atoms with Crippen molar-refractivity contribution >= 4 is 23.3 Å². The Hall–Kier alpha value is -1.56. The molecule has 0 spiro atoms. The first-order chi connectivity index (χ1) is 12.7. The van der Waals surface area contributed by atoms with Crippen LogP contribution in [-0.4, -0.2) is 36.0 Å². The van der Waals surface area contributed by atoms with Gasteiger partial charge in [0.1, 0.15) is 0 Å². The van der Waals surface area contributed by atoms with Crippen LogP contribution >= 0.6 is 11.3 Å². The molecule has 26 heavy (non-hydrogen) atoms. The van der Waals surface area contributed by atoms with E-state index in [0.717, 1.165) is 45.2 Å². The minimum Gasteiger partial charge on any atom is -0.342 e. The zero-order valence-corrected chi connectivity index (χ0v) is 16.5. The third-order valence-electron chi connectivity index (χ3n) is 5.70. The summed E-state index contributed by atoms with van der Waals surface area (Å²) in [5.41, 5.74) is 0. The summed E-state index contributed by atoms with van der Waals surface area (Å²) in [4.78, 5) is 28.2. The lowest BCUT2D eigenvalue weighted by molar-refractivity contribution is -0.137. The molecule has 6 heteroatoms. The van der Waals surface area contributed by atoms with Gasteiger partial charge in [0.15, 0.2) is 0 Å². The minimum absolute atomic E-state index is 0.0722. The first kappa shape index (κ1) is 19.2. The topological polar surface area (TPSA) is 61.4 Å². The molecule has 1 aromatic rings. The molecule has 0 radical (unpaired) electrons. The third-order valence-corrected chi connectivity index (χ3v) is 6.68. The number of thiophene rings is 1. The fourth-order valence-corrected chi connectivity index (χ4v) is 4.96. The molecular weight excluding hydrogens is 346 g/mol. The molecular formula is C20H31N3O2S. The highest BCUT2D eigenvalue weighted by atomic mass is 32.1. The van der Waals surface area contributed by atoms with E-state index in [4.69, 9.17) is 0 Å². The highest BCUT2D eigenvalue weighted by Crippen LogP contribution is 2.26. The molecule has 1 atom stereocenters. The van der Waals surface area contributed by atoms with Gasteiger partial charge in [0.05, 0.1) is 6.04 Å². The summed E-state index contributed by atoms with van der Waals surface area (Å²) in [6.45, 7) is 3.62. The van der Waals surface area contributed by atoms with Gasteiger partial charge < -0.3 is 15.5 Å². The molecule has 3 rings (SSSR count). The summed E-state index contributed by atoms with van der Waals surface area (Å²) in [5, 5.41) is 8.22. The zero-order chi connectivity index (χ0) is 18.4. The Bertz CT molecular complexity index is 576. The second-order valence-corrected chi connectivity index (χ2v) is 8.51. The molecule has 1 saturated heterocycles. The monoisotopic (exact) mass is 377 g/mol. The van der Waals surface area contributed by atoms with Crippen LogP contribution in [0.3, 0.4) is 0 Å². The maximum Gasteiger partial charge on any atom is 0.315 e. The molecule has 0 aromatic carbocycles. The van der Waals surface area contributed by atoms with E-state index in [2.05, 4.69) is 23.6 Å². The Morgan fingerprint density at radius 2 is 1.92 bits per heavy atom.